The van der Waals surface area contributed by atoms with Crippen molar-refractivity contribution in [1.82, 2.24) is 9.88 Å². The maximum Gasteiger partial charge on any atom is 0.256 e. The summed E-state index contributed by atoms with van der Waals surface area (Å²) in [5, 5.41) is 0.919. The lowest BCUT2D eigenvalue weighted by molar-refractivity contribution is 0.0759. The molecule has 1 heterocycles. The number of anilines is 1. The number of thioether (sulfide) groups is 1. The molecule has 3 N–H and O–H groups in total. The monoisotopic (exact) mass is 277 g/mol. The third-order valence-electron chi connectivity index (χ3n) is 3.33. The molecule has 0 aliphatic heterocycles. The molecular formula is C14H19N3OS. The summed E-state index contributed by atoms with van der Waals surface area (Å²) in [7, 11) is 1.85. The van der Waals surface area contributed by atoms with Crippen molar-refractivity contribution >= 4 is 34.3 Å². The molecule has 4 nitrogen and oxygen atoms in total. The molecule has 0 saturated heterocycles. The molecule has 102 valence electrons. The number of hydrogen-bond donors (Lipinski definition) is 2. The molecule has 1 aromatic heterocycles. The van der Waals surface area contributed by atoms with Crippen LogP contribution in [0.3, 0.4) is 0 Å². The summed E-state index contributed by atoms with van der Waals surface area (Å²) in [6.07, 6.45) is 3.80. The number of benzene rings is 1. The highest BCUT2D eigenvalue weighted by Crippen LogP contribution is 2.22. The Bertz CT molecular complexity index is 593. The number of hydrogen-bond acceptors (Lipinski definition) is 3. The van der Waals surface area contributed by atoms with E-state index in [1.54, 1.807) is 22.9 Å². The van der Waals surface area contributed by atoms with Gasteiger partial charge in [-0.2, -0.15) is 11.8 Å². The molecule has 0 aliphatic rings. The molecule has 0 bridgehead atoms. The lowest BCUT2D eigenvalue weighted by atomic mass is 10.1. The molecule has 0 spiro atoms. The number of aromatic amines is 1. The Morgan fingerprint density at radius 1 is 1.53 bits per heavy atom. The first-order chi connectivity index (χ1) is 9.04. The molecular weight excluding hydrogens is 258 g/mol. The van der Waals surface area contributed by atoms with Gasteiger partial charge in [0.2, 0.25) is 0 Å². The Morgan fingerprint density at radius 2 is 2.26 bits per heavy atom. The average molecular weight is 277 g/mol. The predicted octanol–water partition coefficient (Wildman–Crippen LogP) is 2.57. The Labute approximate surface area is 117 Å². The fourth-order valence-corrected chi connectivity index (χ4v) is 2.77. The van der Waals surface area contributed by atoms with E-state index < -0.39 is 0 Å². The minimum Gasteiger partial charge on any atom is -0.399 e. The zero-order chi connectivity index (χ0) is 14.0. The molecule has 19 heavy (non-hydrogen) atoms. The van der Waals surface area contributed by atoms with Crippen LogP contribution in [-0.4, -0.2) is 40.9 Å². The quantitative estimate of drug-likeness (QED) is 0.844. The van der Waals surface area contributed by atoms with Gasteiger partial charge in [0.25, 0.3) is 5.91 Å². The van der Waals surface area contributed by atoms with Gasteiger partial charge in [0.05, 0.1) is 5.56 Å². The number of aromatic nitrogens is 1. The zero-order valence-electron chi connectivity index (χ0n) is 11.4. The number of fused-ring (bicyclic) bond motifs is 1. The second-order valence-electron chi connectivity index (χ2n) is 4.73. The van der Waals surface area contributed by atoms with E-state index in [0.29, 0.717) is 11.3 Å². The summed E-state index contributed by atoms with van der Waals surface area (Å²) in [5.41, 5.74) is 8.03. The van der Waals surface area contributed by atoms with Crippen LogP contribution in [0.1, 0.15) is 17.3 Å². The number of nitrogen functional groups attached to an aromatic ring is 1. The lowest BCUT2D eigenvalue weighted by Gasteiger charge is -2.24. The third-order valence-corrected chi connectivity index (χ3v) is 4.14. The van der Waals surface area contributed by atoms with E-state index in [2.05, 4.69) is 11.9 Å². The summed E-state index contributed by atoms with van der Waals surface area (Å²) in [6, 6.07) is 5.76. The lowest BCUT2D eigenvalue weighted by Crippen LogP contribution is -2.36. The molecule has 0 fully saturated rings. The van der Waals surface area contributed by atoms with Crippen LogP contribution in [0.25, 0.3) is 10.9 Å². The fraction of sp³-hybridized carbons (Fsp3) is 0.357. The van der Waals surface area contributed by atoms with Gasteiger partial charge in [-0.15, -0.1) is 0 Å². The van der Waals surface area contributed by atoms with Crippen LogP contribution in [0, 0.1) is 0 Å². The predicted molar refractivity (Wildman–Crippen MR) is 82.6 cm³/mol. The van der Waals surface area contributed by atoms with Crippen LogP contribution in [-0.2, 0) is 0 Å². The van der Waals surface area contributed by atoms with Gasteiger partial charge < -0.3 is 15.6 Å². The molecule has 1 atom stereocenters. The van der Waals surface area contributed by atoms with Crippen molar-refractivity contribution in [3.63, 3.8) is 0 Å². The highest BCUT2D eigenvalue weighted by atomic mass is 32.2. The summed E-state index contributed by atoms with van der Waals surface area (Å²) in [5.74, 6) is 0.968. The number of carbonyl (C=O) groups is 1. The van der Waals surface area contributed by atoms with Gasteiger partial charge in [0, 0.05) is 41.6 Å². The maximum absolute atomic E-state index is 12.5. The summed E-state index contributed by atoms with van der Waals surface area (Å²) in [4.78, 5) is 17.4. The second kappa shape index (κ2) is 5.57. The van der Waals surface area contributed by atoms with E-state index in [1.165, 1.54) is 0 Å². The first-order valence-corrected chi connectivity index (χ1v) is 7.56. The van der Waals surface area contributed by atoms with Crippen molar-refractivity contribution < 1.29 is 4.79 Å². The van der Waals surface area contributed by atoms with Crippen molar-refractivity contribution in [3.05, 3.63) is 30.0 Å². The van der Waals surface area contributed by atoms with Crippen LogP contribution in [0.5, 0.6) is 0 Å². The summed E-state index contributed by atoms with van der Waals surface area (Å²) >= 11 is 1.74. The van der Waals surface area contributed by atoms with Gasteiger partial charge in [-0.1, -0.05) is 0 Å². The van der Waals surface area contributed by atoms with E-state index in [-0.39, 0.29) is 11.9 Å². The first kappa shape index (κ1) is 13.8. The summed E-state index contributed by atoms with van der Waals surface area (Å²) in [6.45, 7) is 2.06. The Kier molecular flexibility index (Phi) is 4.04. The number of H-pyrrole nitrogens is 1. The van der Waals surface area contributed by atoms with Crippen molar-refractivity contribution in [2.45, 2.75) is 13.0 Å². The second-order valence-corrected chi connectivity index (χ2v) is 5.64. The number of nitrogens with one attached hydrogen (secondary N) is 1. The molecule has 0 radical (unpaired) electrons. The molecule has 0 saturated carbocycles. The van der Waals surface area contributed by atoms with Gasteiger partial charge in [-0.3, -0.25) is 4.79 Å². The van der Waals surface area contributed by atoms with Crippen molar-refractivity contribution in [3.8, 4) is 0 Å². The van der Waals surface area contributed by atoms with Crippen LogP contribution >= 0.6 is 11.8 Å². The van der Waals surface area contributed by atoms with E-state index in [4.69, 9.17) is 5.73 Å². The van der Waals surface area contributed by atoms with Crippen LogP contribution in [0.4, 0.5) is 5.69 Å². The molecule has 5 heteroatoms. The van der Waals surface area contributed by atoms with Crippen molar-refractivity contribution in [1.29, 1.82) is 0 Å². The number of amides is 1. The average Bonchev–Trinajstić information content (AvgIpc) is 2.80. The molecule has 1 unspecified atom stereocenters. The topological polar surface area (TPSA) is 62.1 Å². The highest BCUT2D eigenvalue weighted by Gasteiger charge is 2.20. The minimum atomic E-state index is 0.0394. The van der Waals surface area contributed by atoms with Gasteiger partial charge in [0.1, 0.15) is 0 Å². The number of rotatable bonds is 4. The smallest absolute Gasteiger partial charge is 0.256 e. The number of carbonyl (C=O) groups excluding carboxylic acids is 1. The fourth-order valence-electron chi connectivity index (χ4n) is 2.06. The van der Waals surface area contributed by atoms with E-state index in [0.717, 1.165) is 16.7 Å². The van der Waals surface area contributed by atoms with Gasteiger partial charge in [-0.25, -0.2) is 0 Å². The van der Waals surface area contributed by atoms with Crippen LogP contribution < -0.4 is 5.73 Å². The normalized spacial score (nSPS) is 12.6. The highest BCUT2D eigenvalue weighted by molar-refractivity contribution is 7.98. The maximum atomic E-state index is 12.5. The Morgan fingerprint density at radius 3 is 2.95 bits per heavy atom. The van der Waals surface area contributed by atoms with E-state index >= 15 is 0 Å². The Balaban J connectivity index is 2.31. The summed E-state index contributed by atoms with van der Waals surface area (Å²) < 4.78 is 0. The SMILES string of the molecule is CSCC(C)N(C)C(=O)c1c[nH]c2cc(N)ccc12. The standard InChI is InChI=1S/C14H19N3OS/c1-9(8-19-3)17(2)14(18)12-7-16-13-6-10(15)4-5-11(12)13/h4-7,9,16H,8,15H2,1-3H3. The first-order valence-electron chi connectivity index (χ1n) is 6.17. The molecule has 1 amide bonds. The van der Waals surface area contributed by atoms with Gasteiger partial charge >= 0.3 is 0 Å². The van der Waals surface area contributed by atoms with Crippen LogP contribution in [0.15, 0.2) is 24.4 Å². The Hall–Kier alpha value is -1.62. The minimum absolute atomic E-state index is 0.0394. The number of nitrogens with two attached hydrogens (primary N) is 1. The zero-order valence-corrected chi connectivity index (χ0v) is 12.3. The third kappa shape index (κ3) is 2.71. The van der Waals surface area contributed by atoms with Crippen LogP contribution in [0.2, 0.25) is 0 Å². The molecule has 2 rings (SSSR count). The van der Waals surface area contributed by atoms with Gasteiger partial charge in [0.15, 0.2) is 0 Å². The van der Waals surface area contributed by atoms with Crippen molar-refractivity contribution in [2.75, 3.05) is 24.8 Å². The van der Waals surface area contributed by atoms with E-state index in [1.807, 2.05) is 31.5 Å². The molecule has 2 aromatic rings. The molecule has 0 aliphatic carbocycles. The van der Waals surface area contributed by atoms with E-state index in [9.17, 15) is 4.79 Å². The largest absolute Gasteiger partial charge is 0.399 e. The van der Waals surface area contributed by atoms with Crippen molar-refractivity contribution in [2.24, 2.45) is 0 Å². The number of nitrogens with zero attached hydrogens (tertiary/aromatic N) is 1. The molecule has 1 aromatic carbocycles. The van der Waals surface area contributed by atoms with Gasteiger partial charge in [-0.05, 0) is 31.4 Å².